The first-order chi connectivity index (χ1) is 7.04. The summed E-state index contributed by atoms with van der Waals surface area (Å²) in [5, 5.41) is 11.4. The minimum absolute atomic E-state index is 0.0364. The van der Waals surface area contributed by atoms with Crippen molar-refractivity contribution in [2.75, 3.05) is 11.6 Å². The van der Waals surface area contributed by atoms with Crippen LogP contribution >= 0.6 is 11.6 Å². The molecule has 0 aliphatic heterocycles. The van der Waals surface area contributed by atoms with Crippen molar-refractivity contribution in [3.05, 3.63) is 33.9 Å². The average Bonchev–Trinajstić information content (AvgIpc) is 2.18. The Bertz CT molecular complexity index is 399. The Hall–Kier alpha value is -1.69. The van der Waals surface area contributed by atoms with Crippen molar-refractivity contribution in [3.8, 4) is 0 Å². The van der Waals surface area contributed by atoms with E-state index in [4.69, 9.17) is 16.7 Å². The van der Waals surface area contributed by atoms with Gasteiger partial charge < -0.3 is 5.11 Å². The molecule has 1 rings (SSSR count). The van der Waals surface area contributed by atoms with E-state index in [0.717, 1.165) is 6.07 Å². The topological polar surface area (TPSA) is 70.0 Å². The summed E-state index contributed by atoms with van der Waals surface area (Å²) in [6.07, 6.45) is 0. The fourth-order valence-corrected chi connectivity index (χ4v) is 1.06. The molecule has 0 spiro atoms. The van der Waals surface area contributed by atoms with E-state index in [1.54, 1.807) is 0 Å². The highest BCUT2D eigenvalue weighted by atomic mass is 35.5. The van der Waals surface area contributed by atoms with Crippen molar-refractivity contribution < 1.29 is 14.3 Å². The van der Waals surface area contributed by atoms with Crippen LogP contribution in [0.25, 0.3) is 0 Å². The Morgan fingerprint density at radius 2 is 2.27 bits per heavy atom. The zero-order chi connectivity index (χ0) is 11.4. The Morgan fingerprint density at radius 3 is 2.73 bits per heavy atom. The maximum atomic E-state index is 13.0. The highest BCUT2D eigenvalue weighted by Gasteiger charge is 2.12. The first-order valence-corrected chi connectivity index (χ1v) is 4.20. The lowest BCUT2D eigenvalue weighted by Crippen LogP contribution is -2.23. The van der Waals surface area contributed by atoms with Gasteiger partial charge in [0, 0.05) is 6.07 Å². The summed E-state index contributed by atoms with van der Waals surface area (Å²) in [6.45, 7) is -0.634. The highest BCUT2D eigenvalue weighted by Crippen LogP contribution is 2.21. The Kier molecular flexibility index (Phi) is 3.56. The SMILES string of the molecule is O=NN(CC(=O)O)c1ccc(Cl)c(F)c1. The van der Waals surface area contributed by atoms with Crippen LogP contribution in [0.3, 0.4) is 0 Å². The summed E-state index contributed by atoms with van der Waals surface area (Å²) in [5.74, 6) is -1.99. The van der Waals surface area contributed by atoms with Crippen LogP contribution < -0.4 is 5.01 Å². The molecule has 0 aliphatic rings. The molecule has 0 fully saturated rings. The third-order valence-electron chi connectivity index (χ3n) is 1.58. The van der Waals surface area contributed by atoms with E-state index in [-0.39, 0.29) is 10.7 Å². The molecule has 0 bridgehead atoms. The van der Waals surface area contributed by atoms with E-state index in [2.05, 4.69) is 5.29 Å². The summed E-state index contributed by atoms with van der Waals surface area (Å²) >= 11 is 5.42. The van der Waals surface area contributed by atoms with Gasteiger partial charge in [-0.25, -0.2) is 9.40 Å². The van der Waals surface area contributed by atoms with Gasteiger partial charge in [0.2, 0.25) is 0 Å². The minimum Gasteiger partial charge on any atom is -0.480 e. The molecule has 0 atom stereocenters. The molecule has 7 heteroatoms. The zero-order valence-corrected chi connectivity index (χ0v) is 8.11. The van der Waals surface area contributed by atoms with Gasteiger partial charge in [-0.1, -0.05) is 11.6 Å². The number of nitrogens with zero attached hydrogens (tertiary/aromatic N) is 2. The summed E-state index contributed by atoms with van der Waals surface area (Å²) < 4.78 is 13.0. The van der Waals surface area contributed by atoms with Crippen molar-refractivity contribution >= 4 is 23.3 Å². The summed E-state index contributed by atoms with van der Waals surface area (Å²) in [6, 6.07) is 3.45. The second-order valence-corrected chi connectivity index (χ2v) is 3.04. The van der Waals surface area contributed by atoms with Crippen molar-refractivity contribution in [1.29, 1.82) is 0 Å². The van der Waals surface area contributed by atoms with Crippen molar-refractivity contribution in [2.24, 2.45) is 5.29 Å². The quantitative estimate of drug-likeness (QED) is 0.637. The van der Waals surface area contributed by atoms with Crippen LogP contribution in [0.2, 0.25) is 5.02 Å². The van der Waals surface area contributed by atoms with Crippen LogP contribution in [0, 0.1) is 10.7 Å². The number of hydrogen-bond donors (Lipinski definition) is 1. The number of carboxylic acids is 1. The second kappa shape index (κ2) is 4.70. The Balaban J connectivity index is 2.97. The van der Waals surface area contributed by atoms with Gasteiger partial charge in [-0.2, -0.15) is 0 Å². The molecule has 0 heterocycles. The Morgan fingerprint density at radius 1 is 1.60 bits per heavy atom. The number of hydrogen-bond acceptors (Lipinski definition) is 3. The van der Waals surface area contributed by atoms with Crippen molar-refractivity contribution in [1.82, 2.24) is 0 Å². The lowest BCUT2D eigenvalue weighted by molar-refractivity contribution is -0.135. The van der Waals surface area contributed by atoms with Gasteiger partial charge in [-0.3, -0.25) is 4.79 Å². The smallest absolute Gasteiger partial charge is 0.325 e. The molecule has 1 aromatic rings. The third kappa shape index (κ3) is 2.88. The fraction of sp³-hybridized carbons (Fsp3) is 0.125. The normalized spacial score (nSPS) is 9.73. The summed E-state index contributed by atoms with van der Waals surface area (Å²) in [5.41, 5.74) is 0.0364. The predicted molar refractivity (Wildman–Crippen MR) is 52.2 cm³/mol. The fourth-order valence-electron chi connectivity index (χ4n) is 0.941. The van der Waals surface area contributed by atoms with E-state index >= 15 is 0 Å². The van der Waals surface area contributed by atoms with Crippen LogP contribution in [0.15, 0.2) is 23.5 Å². The van der Waals surface area contributed by atoms with Gasteiger partial charge in [0.1, 0.15) is 12.4 Å². The van der Waals surface area contributed by atoms with Gasteiger partial charge in [0.25, 0.3) is 0 Å². The molecular formula is C8H6ClFN2O3. The number of halogens is 2. The number of rotatable bonds is 4. The lowest BCUT2D eigenvalue weighted by Gasteiger charge is -2.12. The van der Waals surface area contributed by atoms with Crippen LogP contribution in [-0.4, -0.2) is 17.6 Å². The third-order valence-corrected chi connectivity index (χ3v) is 1.89. The van der Waals surface area contributed by atoms with E-state index < -0.39 is 18.3 Å². The van der Waals surface area contributed by atoms with E-state index in [9.17, 15) is 14.1 Å². The average molecular weight is 233 g/mol. The molecule has 0 saturated heterocycles. The molecule has 0 aromatic heterocycles. The van der Waals surface area contributed by atoms with Gasteiger partial charge >= 0.3 is 5.97 Å². The number of aliphatic carboxylic acids is 1. The molecule has 0 radical (unpaired) electrons. The standard InChI is InChI=1S/C8H6ClFN2O3/c9-6-2-1-5(3-7(6)10)12(11-15)4-8(13)14/h1-3H,4H2,(H,13,14). The van der Waals surface area contributed by atoms with Gasteiger partial charge in [0.05, 0.1) is 16.0 Å². The molecular weight excluding hydrogens is 227 g/mol. The number of nitroso groups, excluding NO2 is 1. The number of carboxylic acid groups (broad SMARTS) is 1. The predicted octanol–water partition coefficient (Wildman–Crippen LogP) is 2.05. The lowest BCUT2D eigenvalue weighted by atomic mass is 10.3. The molecule has 0 aliphatic carbocycles. The summed E-state index contributed by atoms with van der Waals surface area (Å²) in [7, 11) is 0. The monoisotopic (exact) mass is 232 g/mol. The first-order valence-electron chi connectivity index (χ1n) is 3.82. The van der Waals surface area contributed by atoms with Crippen LogP contribution in [0.5, 0.6) is 0 Å². The Labute approximate surface area is 89.0 Å². The first kappa shape index (κ1) is 11.4. The van der Waals surface area contributed by atoms with Crippen molar-refractivity contribution in [3.63, 3.8) is 0 Å². The number of carbonyl (C=O) groups is 1. The highest BCUT2D eigenvalue weighted by molar-refractivity contribution is 6.30. The van der Waals surface area contributed by atoms with E-state index in [1.165, 1.54) is 12.1 Å². The number of anilines is 1. The van der Waals surface area contributed by atoms with Crippen LogP contribution in [-0.2, 0) is 4.79 Å². The molecule has 1 aromatic carbocycles. The molecule has 1 N–H and O–H groups in total. The van der Waals surface area contributed by atoms with E-state index in [1.807, 2.05) is 0 Å². The van der Waals surface area contributed by atoms with Crippen LogP contribution in [0.4, 0.5) is 10.1 Å². The molecule has 0 saturated carbocycles. The molecule has 0 amide bonds. The maximum absolute atomic E-state index is 13.0. The number of benzene rings is 1. The van der Waals surface area contributed by atoms with E-state index in [0.29, 0.717) is 5.01 Å². The van der Waals surface area contributed by atoms with Crippen LogP contribution in [0.1, 0.15) is 0 Å². The van der Waals surface area contributed by atoms with Crippen molar-refractivity contribution in [2.45, 2.75) is 0 Å². The van der Waals surface area contributed by atoms with Gasteiger partial charge in [-0.05, 0) is 12.1 Å². The molecule has 5 nitrogen and oxygen atoms in total. The zero-order valence-electron chi connectivity index (χ0n) is 7.35. The van der Waals surface area contributed by atoms with Gasteiger partial charge in [-0.15, -0.1) is 4.91 Å². The second-order valence-electron chi connectivity index (χ2n) is 2.63. The molecule has 80 valence electrons. The summed E-state index contributed by atoms with van der Waals surface area (Å²) in [4.78, 5) is 20.6. The molecule has 0 unspecified atom stereocenters. The largest absolute Gasteiger partial charge is 0.480 e. The maximum Gasteiger partial charge on any atom is 0.325 e. The van der Waals surface area contributed by atoms with Gasteiger partial charge in [0.15, 0.2) is 0 Å². The minimum atomic E-state index is -1.25. The molecule has 15 heavy (non-hydrogen) atoms.